The number of hydrogen-bond acceptors (Lipinski definition) is 5. The Bertz CT molecular complexity index is 1430. The molecule has 0 atom stereocenters. The Morgan fingerprint density at radius 1 is 1.17 bits per heavy atom. The molecule has 3 aromatic rings. The van der Waals surface area contributed by atoms with Gasteiger partial charge in [0.25, 0.3) is 10.0 Å². The molecule has 2 heterocycles. The van der Waals surface area contributed by atoms with Gasteiger partial charge >= 0.3 is 12.2 Å². The lowest BCUT2D eigenvalue weighted by molar-refractivity contribution is -0.137. The summed E-state index contributed by atoms with van der Waals surface area (Å²) in [5, 5.41) is 6.38. The fourth-order valence-electron chi connectivity index (χ4n) is 3.64. The van der Waals surface area contributed by atoms with Gasteiger partial charge in [0.2, 0.25) is 0 Å². The molecular formula is C21H16Cl2F4N4O3S2. The smallest absolute Gasteiger partial charge is 0.331 e. The predicted molar refractivity (Wildman–Crippen MR) is 128 cm³/mol. The third kappa shape index (κ3) is 5.53. The van der Waals surface area contributed by atoms with Gasteiger partial charge in [0.15, 0.2) is 0 Å². The van der Waals surface area contributed by atoms with Crippen LogP contribution >= 0.6 is 34.5 Å². The number of thiophene rings is 1. The maximum absolute atomic E-state index is 15.2. The lowest BCUT2D eigenvalue weighted by Crippen LogP contribution is -2.39. The van der Waals surface area contributed by atoms with E-state index in [9.17, 15) is 26.4 Å². The number of benzene rings is 1. The number of rotatable bonds is 5. The molecule has 0 saturated carbocycles. The highest BCUT2D eigenvalue weighted by molar-refractivity contribution is 7.92. The first kappa shape index (κ1) is 26.5. The Hall–Kier alpha value is -2.61. The number of amides is 2. The second-order valence-electron chi connectivity index (χ2n) is 7.69. The minimum Gasteiger partial charge on any atom is -0.331 e. The quantitative estimate of drug-likeness (QED) is 0.363. The number of aryl methyl sites for hydroxylation is 1. The van der Waals surface area contributed by atoms with Gasteiger partial charge in [0, 0.05) is 5.57 Å². The van der Waals surface area contributed by atoms with Crippen LogP contribution in [-0.2, 0) is 22.6 Å². The fourth-order valence-corrected chi connectivity index (χ4v) is 6.45. The molecule has 36 heavy (non-hydrogen) atoms. The Morgan fingerprint density at radius 3 is 2.47 bits per heavy atom. The summed E-state index contributed by atoms with van der Waals surface area (Å²) in [6.45, 7) is -0.625. The Labute approximate surface area is 216 Å². The van der Waals surface area contributed by atoms with Gasteiger partial charge in [-0.15, -0.1) is 11.3 Å². The van der Waals surface area contributed by atoms with Crippen LogP contribution in [0.15, 0.2) is 46.6 Å². The summed E-state index contributed by atoms with van der Waals surface area (Å²) in [6.07, 6.45) is -1.51. The van der Waals surface area contributed by atoms with Crippen molar-refractivity contribution in [2.75, 3.05) is 6.54 Å². The third-order valence-electron chi connectivity index (χ3n) is 5.29. The largest absolute Gasteiger partial charge is 0.416 e. The van der Waals surface area contributed by atoms with Gasteiger partial charge in [-0.2, -0.15) is 18.3 Å². The molecule has 0 saturated heterocycles. The van der Waals surface area contributed by atoms with Crippen LogP contribution in [0.4, 0.5) is 22.4 Å². The Morgan fingerprint density at radius 2 is 1.86 bits per heavy atom. The van der Waals surface area contributed by atoms with E-state index in [1.807, 2.05) is 0 Å². The second-order valence-corrected chi connectivity index (χ2v) is 11.7. The van der Waals surface area contributed by atoms with E-state index < -0.39 is 40.2 Å². The van der Waals surface area contributed by atoms with Crippen LogP contribution in [-0.4, -0.2) is 30.8 Å². The number of fused-ring (bicyclic) bond motifs is 1. The van der Waals surface area contributed by atoms with Crippen molar-refractivity contribution in [3.05, 3.63) is 68.5 Å². The molecule has 1 aliphatic carbocycles. The van der Waals surface area contributed by atoms with Crippen molar-refractivity contribution in [2.45, 2.75) is 29.6 Å². The van der Waals surface area contributed by atoms with Gasteiger partial charge in [-0.3, -0.25) is 0 Å². The standard InChI is InChI=1S/C21H16Cl2F4N4O3S2/c22-15-8-17(35-19(15)23)36(33,34)30-20(32)28-10-16(24)14-3-1-2-11-9-29-31(18(11)14)13-6-4-12(5-7-13)21(25,26)27/h4-9H,1-3,10H2,(H2,28,30,32). The molecule has 2 aromatic heterocycles. The van der Waals surface area contributed by atoms with Crippen LogP contribution < -0.4 is 10.0 Å². The summed E-state index contributed by atoms with van der Waals surface area (Å²) >= 11 is 12.2. The molecule has 0 fully saturated rings. The van der Waals surface area contributed by atoms with Gasteiger partial charge < -0.3 is 5.32 Å². The number of carbonyl (C=O) groups excluding carboxylic acids is 1. The highest BCUT2D eigenvalue weighted by Gasteiger charge is 2.31. The maximum Gasteiger partial charge on any atom is 0.416 e. The highest BCUT2D eigenvalue weighted by Crippen LogP contribution is 2.36. The van der Waals surface area contributed by atoms with Crippen molar-refractivity contribution in [2.24, 2.45) is 0 Å². The molecule has 4 rings (SSSR count). The number of allylic oxidation sites excluding steroid dienone is 1. The molecule has 0 radical (unpaired) electrons. The number of urea groups is 1. The van der Waals surface area contributed by atoms with E-state index >= 15 is 4.39 Å². The molecule has 1 aliphatic rings. The summed E-state index contributed by atoms with van der Waals surface area (Å²) in [6, 6.07) is 4.20. The molecule has 7 nitrogen and oxygen atoms in total. The van der Waals surface area contributed by atoms with E-state index in [2.05, 4.69) is 10.4 Å². The topological polar surface area (TPSA) is 93.1 Å². The molecule has 2 N–H and O–H groups in total. The predicted octanol–water partition coefficient (Wildman–Crippen LogP) is 5.96. The van der Waals surface area contributed by atoms with Gasteiger partial charge in [0.05, 0.1) is 34.7 Å². The molecule has 15 heteroatoms. The molecule has 2 amide bonds. The van der Waals surface area contributed by atoms with Crippen LogP contribution in [0.3, 0.4) is 0 Å². The summed E-state index contributed by atoms with van der Waals surface area (Å²) in [7, 11) is -4.28. The number of sulfonamides is 1. The lowest BCUT2D eigenvalue weighted by atomic mass is 9.92. The maximum atomic E-state index is 15.2. The number of nitrogens with zero attached hydrogens (tertiary/aromatic N) is 2. The van der Waals surface area contributed by atoms with E-state index in [1.54, 1.807) is 4.72 Å². The van der Waals surface area contributed by atoms with Crippen LogP contribution in [0, 0.1) is 0 Å². The van der Waals surface area contributed by atoms with Crippen LogP contribution in [0.1, 0.15) is 29.7 Å². The summed E-state index contributed by atoms with van der Waals surface area (Å²) < 4.78 is 81.4. The van der Waals surface area contributed by atoms with Crippen molar-refractivity contribution < 1.29 is 30.8 Å². The molecule has 0 aliphatic heterocycles. The Balaban J connectivity index is 1.53. The van der Waals surface area contributed by atoms with E-state index in [4.69, 9.17) is 23.2 Å². The molecule has 1 aromatic carbocycles. The first-order valence-corrected chi connectivity index (χ1v) is 13.3. The van der Waals surface area contributed by atoms with E-state index in [1.165, 1.54) is 23.0 Å². The number of aromatic nitrogens is 2. The van der Waals surface area contributed by atoms with Crippen molar-refractivity contribution in [3.63, 3.8) is 0 Å². The zero-order valence-corrected chi connectivity index (χ0v) is 21.1. The average Bonchev–Trinajstić information content (AvgIpc) is 3.40. The van der Waals surface area contributed by atoms with Gasteiger partial charge in [0.1, 0.15) is 14.4 Å². The molecule has 0 unspecified atom stereocenters. The minimum absolute atomic E-state index is 0.0102. The first-order chi connectivity index (χ1) is 16.9. The van der Waals surface area contributed by atoms with Crippen LogP contribution in [0.2, 0.25) is 9.36 Å². The molecular weight excluding hydrogens is 567 g/mol. The summed E-state index contributed by atoms with van der Waals surface area (Å²) in [4.78, 5) is 12.1. The average molecular weight is 583 g/mol. The minimum atomic E-state index is -4.50. The molecule has 0 spiro atoms. The Kier molecular flexibility index (Phi) is 7.37. The second kappa shape index (κ2) is 10.0. The van der Waals surface area contributed by atoms with Crippen LogP contribution in [0.25, 0.3) is 11.3 Å². The van der Waals surface area contributed by atoms with Gasteiger partial charge in [-0.25, -0.2) is 27.0 Å². The number of carbonyl (C=O) groups is 1. The van der Waals surface area contributed by atoms with Gasteiger partial charge in [-0.05, 0) is 55.2 Å². The number of nitrogens with one attached hydrogen (secondary N) is 2. The first-order valence-electron chi connectivity index (χ1n) is 10.2. The normalized spacial score (nSPS) is 15.4. The van der Waals surface area contributed by atoms with Crippen molar-refractivity contribution in [3.8, 4) is 5.69 Å². The SMILES string of the molecule is O=C(NCC(F)=C1CCCc2cnn(-c3ccc(C(F)(F)F)cc3)c21)NS(=O)(=O)c1cc(Cl)c(Cl)s1. The summed E-state index contributed by atoms with van der Waals surface area (Å²) in [5.74, 6) is -0.737. The number of halogens is 6. The molecule has 0 bridgehead atoms. The highest BCUT2D eigenvalue weighted by atomic mass is 35.5. The fraction of sp³-hybridized carbons (Fsp3) is 0.238. The summed E-state index contributed by atoms with van der Waals surface area (Å²) in [5.41, 5.74) is 0.780. The van der Waals surface area contributed by atoms with E-state index in [-0.39, 0.29) is 19.1 Å². The zero-order chi connectivity index (χ0) is 26.3. The van der Waals surface area contributed by atoms with E-state index in [0.29, 0.717) is 47.5 Å². The zero-order valence-electron chi connectivity index (χ0n) is 18.0. The van der Waals surface area contributed by atoms with Crippen LogP contribution in [0.5, 0.6) is 0 Å². The van der Waals surface area contributed by atoms with Crippen molar-refractivity contribution in [1.29, 1.82) is 0 Å². The lowest BCUT2D eigenvalue weighted by Gasteiger charge is -2.19. The third-order valence-corrected chi connectivity index (χ3v) is 8.96. The molecule has 192 valence electrons. The van der Waals surface area contributed by atoms with Crippen molar-refractivity contribution in [1.82, 2.24) is 19.8 Å². The van der Waals surface area contributed by atoms with Gasteiger partial charge in [-0.1, -0.05) is 23.2 Å². The van der Waals surface area contributed by atoms with E-state index in [0.717, 1.165) is 18.2 Å². The number of hydrogen-bond donors (Lipinski definition) is 2. The number of alkyl halides is 3. The monoisotopic (exact) mass is 582 g/mol. The van der Waals surface area contributed by atoms with Crippen molar-refractivity contribution >= 4 is 56.2 Å².